The summed E-state index contributed by atoms with van der Waals surface area (Å²) in [6.07, 6.45) is 0. The van der Waals surface area contributed by atoms with E-state index in [1.54, 1.807) is 0 Å². The summed E-state index contributed by atoms with van der Waals surface area (Å²) in [6, 6.07) is 55.5. The molecular weight excluding hydrogens is 536 g/mol. The minimum absolute atomic E-state index is 0.440. The number of nitrogens with zero attached hydrogens (tertiary/aromatic N) is 2. The van der Waals surface area contributed by atoms with Crippen molar-refractivity contribution in [2.75, 3.05) is 0 Å². The predicted molar refractivity (Wildman–Crippen MR) is 176 cm³/mol. The normalized spacial score (nSPS) is 13.4. The zero-order valence-electron chi connectivity index (χ0n) is 23.8. The molecule has 0 radical (unpaired) electrons. The Morgan fingerprint density at radius 2 is 0.864 bits per heavy atom. The van der Waals surface area contributed by atoms with Crippen molar-refractivity contribution in [2.45, 2.75) is 5.41 Å². The Morgan fingerprint density at radius 1 is 0.364 bits per heavy atom. The molecule has 0 unspecified atom stereocenters. The third-order valence-corrected chi connectivity index (χ3v) is 9.10. The van der Waals surface area contributed by atoms with Crippen LogP contribution in [-0.4, -0.2) is 10.2 Å². The molecule has 1 spiro atoms. The summed E-state index contributed by atoms with van der Waals surface area (Å²) in [7, 11) is 0. The van der Waals surface area contributed by atoms with Crippen LogP contribution in [0.25, 0.3) is 44.8 Å². The van der Waals surface area contributed by atoms with Crippen LogP contribution in [0.15, 0.2) is 158 Å². The van der Waals surface area contributed by atoms with E-state index in [4.69, 9.17) is 4.74 Å². The zero-order chi connectivity index (χ0) is 29.1. The van der Waals surface area contributed by atoms with Crippen LogP contribution in [0.1, 0.15) is 22.3 Å². The fraction of sp³-hybridized carbons (Fsp3) is 0.0244. The third kappa shape index (κ3) is 3.56. The first-order valence-corrected chi connectivity index (χ1v) is 14.9. The molecule has 44 heavy (non-hydrogen) atoms. The Bertz CT molecular complexity index is 2140. The maximum absolute atomic E-state index is 6.68. The topological polar surface area (TPSA) is 35.0 Å². The second-order valence-corrected chi connectivity index (χ2v) is 11.4. The van der Waals surface area contributed by atoms with Gasteiger partial charge < -0.3 is 4.74 Å². The number of fused-ring (bicyclic) bond motifs is 9. The number of rotatable bonds is 3. The number of hydrogen-bond acceptors (Lipinski definition) is 3. The van der Waals surface area contributed by atoms with E-state index in [2.05, 4.69) is 125 Å². The SMILES string of the molecule is c1ccc(-c2ccc(-c3ccc(-c4ccc5c(c4)Oc4ccccc4C54c5ccccc5-c5ccccc54)cc3)nn2)cc1. The van der Waals surface area contributed by atoms with E-state index in [1.807, 2.05) is 42.5 Å². The molecule has 7 aromatic rings. The van der Waals surface area contributed by atoms with E-state index >= 15 is 0 Å². The van der Waals surface area contributed by atoms with Crippen LogP contribution in [0.5, 0.6) is 11.5 Å². The van der Waals surface area contributed by atoms with Crippen LogP contribution in [0.3, 0.4) is 0 Å². The molecule has 0 saturated heterocycles. The first-order chi connectivity index (χ1) is 21.8. The molecule has 3 heteroatoms. The van der Waals surface area contributed by atoms with Gasteiger partial charge in [0.25, 0.3) is 0 Å². The number of benzene rings is 6. The molecule has 0 fully saturated rings. The van der Waals surface area contributed by atoms with Crippen LogP contribution >= 0.6 is 0 Å². The summed E-state index contributed by atoms with van der Waals surface area (Å²) in [4.78, 5) is 0. The van der Waals surface area contributed by atoms with Gasteiger partial charge in [-0.2, -0.15) is 0 Å². The van der Waals surface area contributed by atoms with Crippen molar-refractivity contribution in [1.82, 2.24) is 10.2 Å². The monoisotopic (exact) mass is 562 g/mol. The van der Waals surface area contributed by atoms with Crippen LogP contribution < -0.4 is 4.74 Å². The minimum Gasteiger partial charge on any atom is -0.457 e. The van der Waals surface area contributed by atoms with Crippen molar-refractivity contribution in [3.8, 4) is 56.3 Å². The Labute approximate surface area is 256 Å². The number of ether oxygens (including phenoxy) is 1. The van der Waals surface area contributed by atoms with Crippen LogP contribution in [0.4, 0.5) is 0 Å². The quantitative estimate of drug-likeness (QED) is 0.215. The maximum Gasteiger partial charge on any atom is 0.132 e. The van der Waals surface area contributed by atoms with E-state index in [-0.39, 0.29) is 0 Å². The minimum atomic E-state index is -0.440. The lowest BCUT2D eigenvalue weighted by molar-refractivity contribution is 0.436. The standard InChI is InChI=1S/C41H26N2O/c1-2-10-28(11-3-1)37-24-25-38(43-42-37)29-20-18-27(19-21-29)30-22-23-36-40(26-30)44-39-17-9-8-16-35(39)41(36)33-14-6-4-12-31(33)32-13-5-7-15-34(32)41/h1-26H. The zero-order valence-corrected chi connectivity index (χ0v) is 23.8. The molecule has 0 bridgehead atoms. The second-order valence-electron chi connectivity index (χ2n) is 11.4. The lowest BCUT2D eigenvalue weighted by atomic mass is 9.66. The smallest absolute Gasteiger partial charge is 0.132 e. The summed E-state index contributed by atoms with van der Waals surface area (Å²) in [5.41, 5.74) is 13.1. The molecule has 2 aliphatic rings. The van der Waals surface area contributed by atoms with Gasteiger partial charge in [0.1, 0.15) is 11.5 Å². The highest BCUT2D eigenvalue weighted by Crippen LogP contribution is 2.62. The molecule has 0 atom stereocenters. The Morgan fingerprint density at radius 3 is 1.52 bits per heavy atom. The Kier molecular flexibility index (Phi) is 5.41. The fourth-order valence-corrected chi connectivity index (χ4v) is 7.12. The maximum atomic E-state index is 6.68. The van der Waals surface area contributed by atoms with Crippen molar-refractivity contribution in [3.63, 3.8) is 0 Å². The molecule has 1 aliphatic carbocycles. The first kappa shape index (κ1) is 24.8. The summed E-state index contributed by atoms with van der Waals surface area (Å²) in [6.45, 7) is 0. The van der Waals surface area contributed by atoms with E-state index in [9.17, 15) is 0 Å². The summed E-state index contributed by atoms with van der Waals surface area (Å²) < 4.78 is 6.68. The molecule has 206 valence electrons. The summed E-state index contributed by atoms with van der Waals surface area (Å²) in [5.74, 6) is 1.79. The molecule has 0 saturated carbocycles. The number of para-hydroxylation sites is 1. The molecule has 2 heterocycles. The van der Waals surface area contributed by atoms with E-state index in [0.717, 1.165) is 45.1 Å². The molecular formula is C41H26N2O. The van der Waals surface area contributed by atoms with Crippen LogP contribution in [-0.2, 0) is 5.41 Å². The molecule has 6 aromatic carbocycles. The highest BCUT2D eigenvalue weighted by atomic mass is 16.5. The summed E-state index contributed by atoms with van der Waals surface area (Å²) in [5, 5.41) is 8.99. The van der Waals surface area contributed by atoms with Crippen molar-refractivity contribution in [2.24, 2.45) is 0 Å². The highest BCUT2D eigenvalue weighted by molar-refractivity contribution is 5.89. The van der Waals surface area contributed by atoms with Gasteiger partial charge in [-0.1, -0.05) is 133 Å². The van der Waals surface area contributed by atoms with Gasteiger partial charge in [0, 0.05) is 22.3 Å². The van der Waals surface area contributed by atoms with E-state index in [1.165, 1.54) is 33.4 Å². The van der Waals surface area contributed by atoms with Crippen LogP contribution in [0, 0.1) is 0 Å². The average molecular weight is 563 g/mol. The molecule has 3 nitrogen and oxygen atoms in total. The van der Waals surface area contributed by atoms with Gasteiger partial charge >= 0.3 is 0 Å². The summed E-state index contributed by atoms with van der Waals surface area (Å²) >= 11 is 0. The molecule has 1 aliphatic heterocycles. The third-order valence-electron chi connectivity index (χ3n) is 9.10. The Hall–Kier alpha value is -5.80. The van der Waals surface area contributed by atoms with Crippen molar-refractivity contribution in [1.29, 1.82) is 0 Å². The van der Waals surface area contributed by atoms with Gasteiger partial charge in [0.2, 0.25) is 0 Å². The van der Waals surface area contributed by atoms with Gasteiger partial charge in [-0.15, -0.1) is 10.2 Å². The van der Waals surface area contributed by atoms with Gasteiger partial charge in [0.05, 0.1) is 16.8 Å². The molecule has 0 amide bonds. The first-order valence-electron chi connectivity index (χ1n) is 14.9. The van der Waals surface area contributed by atoms with Gasteiger partial charge in [-0.3, -0.25) is 0 Å². The molecule has 9 rings (SSSR count). The molecule has 1 aromatic heterocycles. The number of hydrogen-bond donors (Lipinski definition) is 0. The van der Waals surface area contributed by atoms with E-state index in [0.29, 0.717) is 0 Å². The number of aromatic nitrogens is 2. The fourth-order valence-electron chi connectivity index (χ4n) is 7.12. The van der Waals surface area contributed by atoms with E-state index < -0.39 is 5.41 Å². The van der Waals surface area contributed by atoms with Crippen LogP contribution in [0.2, 0.25) is 0 Å². The lowest BCUT2D eigenvalue weighted by Crippen LogP contribution is -2.32. The average Bonchev–Trinajstić information content (AvgIpc) is 3.39. The second kappa shape index (κ2) is 9.62. The largest absolute Gasteiger partial charge is 0.457 e. The van der Waals surface area contributed by atoms with Gasteiger partial charge in [-0.25, -0.2) is 0 Å². The van der Waals surface area contributed by atoms with Crippen molar-refractivity contribution in [3.05, 3.63) is 180 Å². The van der Waals surface area contributed by atoms with Gasteiger partial charge in [-0.05, 0) is 57.6 Å². The molecule has 0 N–H and O–H groups in total. The predicted octanol–water partition coefficient (Wildman–Crippen LogP) is 9.95. The van der Waals surface area contributed by atoms with Crippen molar-refractivity contribution >= 4 is 0 Å². The van der Waals surface area contributed by atoms with Gasteiger partial charge in [0.15, 0.2) is 0 Å². The lowest BCUT2D eigenvalue weighted by Gasteiger charge is -2.39. The highest BCUT2D eigenvalue weighted by Gasteiger charge is 2.50. The Balaban J connectivity index is 1.13. The van der Waals surface area contributed by atoms with Crippen molar-refractivity contribution < 1.29 is 4.74 Å².